The molecule has 2 aromatic heterocycles. The van der Waals surface area contributed by atoms with Gasteiger partial charge in [0.25, 0.3) is 0 Å². The van der Waals surface area contributed by atoms with E-state index in [0.29, 0.717) is 0 Å². The van der Waals surface area contributed by atoms with E-state index in [-0.39, 0.29) is 17.0 Å². The summed E-state index contributed by atoms with van der Waals surface area (Å²) in [5.74, 6) is 0. The molecular weight excluding hydrogens is 300 g/mol. The van der Waals surface area contributed by atoms with E-state index in [2.05, 4.69) is 67.9 Å². The van der Waals surface area contributed by atoms with E-state index in [1.54, 1.807) is 0 Å². The van der Waals surface area contributed by atoms with E-state index in [0.717, 1.165) is 11.3 Å². The molecule has 0 radical (unpaired) electrons. The van der Waals surface area contributed by atoms with Gasteiger partial charge in [0.2, 0.25) is 0 Å². The van der Waals surface area contributed by atoms with Gasteiger partial charge in [-0.1, -0.05) is 17.7 Å². The SMILES string of the molecule is Cc1ccc(C)c(-c2cn3ccc(C)cc3n2)c1.[Br-]. The van der Waals surface area contributed by atoms with Gasteiger partial charge in [0, 0.05) is 18.0 Å². The molecule has 2 nitrogen and oxygen atoms in total. The maximum atomic E-state index is 4.71. The Morgan fingerprint density at radius 1 is 0.947 bits per heavy atom. The standard InChI is InChI=1S/C16H16N2.BrH/c1-11-4-5-13(3)14(8-11)15-10-18-7-6-12(2)9-16(18)17-15;/h4-10H,1-3H3;1H/p-1. The van der Waals surface area contributed by atoms with Crippen LogP contribution in [0.3, 0.4) is 0 Å². The fraction of sp³-hybridized carbons (Fsp3) is 0.188. The van der Waals surface area contributed by atoms with Crippen molar-refractivity contribution in [2.45, 2.75) is 20.8 Å². The highest BCUT2D eigenvalue weighted by molar-refractivity contribution is 5.67. The van der Waals surface area contributed by atoms with E-state index >= 15 is 0 Å². The second-order valence-corrected chi connectivity index (χ2v) is 4.91. The number of aromatic nitrogens is 2. The highest BCUT2D eigenvalue weighted by Gasteiger charge is 2.07. The molecule has 0 N–H and O–H groups in total. The molecule has 0 fully saturated rings. The van der Waals surface area contributed by atoms with Crippen molar-refractivity contribution in [3.05, 3.63) is 59.4 Å². The molecular formula is C16H16BrN2-. The number of hydrogen-bond acceptors (Lipinski definition) is 1. The van der Waals surface area contributed by atoms with Gasteiger partial charge >= 0.3 is 0 Å². The van der Waals surface area contributed by atoms with Crippen molar-refractivity contribution in [1.29, 1.82) is 0 Å². The minimum Gasteiger partial charge on any atom is -1.00 e. The number of imidazole rings is 1. The Hall–Kier alpha value is -1.61. The van der Waals surface area contributed by atoms with Crippen molar-refractivity contribution in [2.75, 3.05) is 0 Å². The molecule has 2 heterocycles. The molecule has 0 bridgehead atoms. The molecule has 1 aromatic carbocycles. The summed E-state index contributed by atoms with van der Waals surface area (Å²) in [6.45, 7) is 6.33. The molecule has 0 unspecified atom stereocenters. The van der Waals surface area contributed by atoms with Gasteiger partial charge in [-0.25, -0.2) is 4.98 Å². The van der Waals surface area contributed by atoms with Gasteiger partial charge in [-0.05, 0) is 50.1 Å². The van der Waals surface area contributed by atoms with Gasteiger partial charge in [0.1, 0.15) is 5.65 Å². The first-order chi connectivity index (χ1) is 8.63. The number of rotatable bonds is 1. The summed E-state index contributed by atoms with van der Waals surface area (Å²) in [7, 11) is 0. The van der Waals surface area contributed by atoms with Crippen LogP contribution in [-0.4, -0.2) is 9.38 Å². The molecule has 3 aromatic rings. The van der Waals surface area contributed by atoms with Gasteiger partial charge in [-0.3, -0.25) is 0 Å². The van der Waals surface area contributed by atoms with Crippen molar-refractivity contribution in [2.24, 2.45) is 0 Å². The highest BCUT2D eigenvalue weighted by Crippen LogP contribution is 2.24. The van der Waals surface area contributed by atoms with Crippen LogP contribution in [0.4, 0.5) is 0 Å². The topological polar surface area (TPSA) is 17.3 Å². The maximum absolute atomic E-state index is 4.71. The lowest BCUT2D eigenvalue weighted by Gasteiger charge is -2.03. The minimum absolute atomic E-state index is 0. The van der Waals surface area contributed by atoms with Gasteiger partial charge in [0.15, 0.2) is 0 Å². The number of halogens is 1. The lowest BCUT2D eigenvalue weighted by molar-refractivity contribution is -0.00000391. The summed E-state index contributed by atoms with van der Waals surface area (Å²) in [5.41, 5.74) is 7.04. The summed E-state index contributed by atoms with van der Waals surface area (Å²) in [6, 6.07) is 10.7. The Balaban J connectivity index is 0.00000133. The summed E-state index contributed by atoms with van der Waals surface area (Å²) in [4.78, 5) is 4.71. The van der Waals surface area contributed by atoms with E-state index in [1.807, 2.05) is 0 Å². The Morgan fingerprint density at radius 3 is 2.47 bits per heavy atom. The predicted octanol–water partition coefficient (Wildman–Crippen LogP) is 0.931. The summed E-state index contributed by atoms with van der Waals surface area (Å²) < 4.78 is 2.07. The van der Waals surface area contributed by atoms with Crippen LogP contribution in [0.5, 0.6) is 0 Å². The Morgan fingerprint density at radius 2 is 1.68 bits per heavy atom. The van der Waals surface area contributed by atoms with Crippen LogP contribution in [-0.2, 0) is 0 Å². The van der Waals surface area contributed by atoms with E-state index in [9.17, 15) is 0 Å². The number of benzene rings is 1. The normalized spacial score (nSPS) is 10.5. The number of aryl methyl sites for hydroxylation is 3. The quantitative estimate of drug-likeness (QED) is 0.653. The molecule has 98 valence electrons. The lowest BCUT2D eigenvalue weighted by Crippen LogP contribution is -3.00. The lowest BCUT2D eigenvalue weighted by atomic mass is 10.0. The first-order valence-corrected chi connectivity index (χ1v) is 6.16. The third-order valence-corrected chi connectivity index (χ3v) is 3.28. The monoisotopic (exact) mass is 315 g/mol. The fourth-order valence-electron chi connectivity index (χ4n) is 2.23. The number of nitrogens with zero attached hydrogens (tertiary/aromatic N) is 2. The number of fused-ring (bicyclic) bond motifs is 1. The van der Waals surface area contributed by atoms with E-state index < -0.39 is 0 Å². The minimum atomic E-state index is 0. The largest absolute Gasteiger partial charge is 1.00 e. The van der Waals surface area contributed by atoms with Crippen molar-refractivity contribution in [3.8, 4) is 11.3 Å². The van der Waals surface area contributed by atoms with Crippen LogP contribution in [0.15, 0.2) is 42.7 Å². The molecule has 0 spiro atoms. The molecule has 0 aliphatic carbocycles. The summed E-state index contributed by atoms with van der Waals surface area (Å²) in [6.07, 6.45) is 4.16. The van der Waals surface area contributed by atoms with Crippen LogP contribution in [0.25, 0.3) is 16.9 Å². The van der Waals surface area contributed by atoms with Crippen LogP contribution < -0.4 is 17.0 Å². The number of hydrogen-bond donors (Lipinski definition) is 0. The molecule has 0 amide bonds. The smallest absolute Gasteiger partial charge is 0.137 e. The first-order valence-electron chi connectivity index (χ1n) is 6.16. The molecule has 19 heavy (non-hydrogen) atoms. The van der Waals surface area contributed by atoms with Gasteiger partial charge < -0.3 is 21.4 Å². The zero-order valence-corrected chi connectivity index (χ0v) is 12.9. The van der Waals surface area contributed by atoms with Crippen LogP contribution >= 0.6 is 0 Å². The van der Waals surface area contributed by atoms with Gasteiger partial charge in [0.05, 0.1) is 5.69 Å². The Kier molecular flexibility index (Phi) is 3.76. The van der Waals surface area contributed by atoms with Gasteiger partial charge in [-0.2, -0.15) is 0 Å². The summed E-state index contributed by atoms with van der Waals surface area (Å²) in [5, 5.41) is 0. The second-order valence-electron chi connectivity index (χ2n) is 4.91. The molecule has 0 atom stereocenters. The third kappa shape index (κ3) is 2.56. The Bertz CT molecular complexity index is 729. The van der Waals surface area contributed by atoms with Crippen molar-refractivity contribution < 1.29 is 17.0 Å². The molecule has 3 heteroatoms. The van der Waals surface area contributed by atoms with Crippen LogP contribution in [0.1, 0.15) is 16.7 Å². The third-order valence-electron chi connectivity index (χ3n) is 3.28. The fourth-order valence-corrected chi connectivity index (χ4v) is 2.23. The van der Waals surface area contributed by atoms with Crippen LogP contribution in [0, 0.1) is 20.8 Å². The zero-order chi connectivity index (χ0) is 12.7. The highest BCUT2D eigenvalue weighted by atomic mass is 79.9. The maximum Gasteiger partial charge on any atom is 0.137 e. The van der Waals surface area contributed by atoms with Gasteiger partial charge in [-0.15, -0.1) is 0 Å². The summed E-state index contributed by atoms with van der Waals surface area (Å²) >= 11 is 0. The van der Waals surface area contributed by atoms with Crippen molar-refractivity contribution in [1.82, 2.24) is 9.38 Å². The average molecular weight is 316 g/mol. The van der Waals surface area contributed by atoms with E-state index in [4.69, 9.17) is 4.98 Å². The van der Waals surface area contributed by atoms with Crippen LogP contribution in [0.2, 0.25) is 0 Å². The molecule has 0 saturated carbocycles. The molecule has 0 aliphatic heterocycles. The molecule has 0 saturated heterocycles. The molecule has 0 aliphatic rings. The van der Waals surface area contributed by atoms with E-state index in [1.165, 1.54) is 22.3 Å². The second kappa shape index (κ2) is 5.17. The molecule has 3 rings (SSSR count). The van der Waals surface area contributed by atoms with Crippen molar-refractivity contribution >= 4 is 5.65 Å². The average Bonchev–Trinajstić information content (AvgIpc) is 2.74. The number of pyridine rings is 1. The first kappa shape index (κ1) is 13.8. The zero-order valence-electron chi connectivity index (χ0n) is 11.3. The Labute approximate surface area is 123 Å². The van der Waals surface area contributed by atoms with Crippen molar-refractivity contribution in [3.63, 3.8) is 0 Å². The predicted molar refractivity (Wildman–Crippen MR) is 74.8 cm³/mol.